The van der Waals surface area contributed by atoms with Gasteiger partial charge in [-0.2, -0.15) is 0 Å². The maximum absolute atomic E-state index is 13.1. The molecule has 22 heavy (non-hydrogen) atoms. The van der Waals surface area contributed by atoms with E-state index in [1.165, 1.54) is 36.1 Å². The van der Waals surface area contributed by atoms with Gasteiger partial charge in [0.25, 0.3) is 5.91 Å². The van der Waals surface area contributed by atoms with Crippen molar-refractivity contribution in [3.8, 4) is 0 Å². The van der Waals surface area contributed by atoms with Crippen LogP contribution in [-0.4, -0.2) is 12.5 Å². The fraction of sp³-hybridized carbons (Fsp3) is 0.316. The summed E-state index contributed by atoms with van der Waals surface area (Å²) in [7, 11) is 0. The van der Waals surface area contributed by atoms with Crippen LogP contribution in [-0.2, 0) is 12.8 Å². The Kier molecular flexibility index (Phi) is 4.23. The number of anilines is 1. The topological polar surface area (TPSA) is 20.3 Å². The summed E-state index contributed by atoms with van der Waals surface area (Å²) in [6.45, 7) is 2.49. The molecular weight excluding hydrogens is 277 g/mol. The second-order valence-corrected chi connectivity index (χ2v) is 5.72. The minimum atomic E-state index is -0.291. The highest BCUT2D eigenvalue weighted by atomic mass is 19.1. The number of carbonyl (C=O) groups is 1. The first-order valence-corrected chi connectivity index (χ1v) is 7.88. The molecule has 0 bridgehead atoms. The summed E-state index contributed by atoms with van der Waals surface area (Å²) in [6.07, 6.45) is 4.59. The van der Waals surface area contributed by atoms with Crippen LogP contribution in [0.3, 0.4) is 0 Å². The van der Waals surface area contributed by atoms with Gasteiger partial charge < -0.3 is 4.90 Å². The molecule has 3 heteroatoms. The highest BCUT2D eigenvalue weighted by Gasteiger charge is 2.18. The van der Waals surface area contributed by atoms with E-state index in [9.17, 15) is 9.18 Å². The molecule has 2 aromatic rings. The van der Waals surface area contributed by atoms with Crippen LogP contribution in [0.2, 0.25) is 0 Å². The summed E-state index contributed by atoms with van der Waals surface area (Å²) < 4.78 is 13.1. The van der Waals surface area contributed by atoms with Crippen LogP contribution in [0.15, 0.2) is 42.5 Å². The number of aryl methyl sites for hydroxylation is 2. The fourth-order valence-corrected chi connectivity index (χ4v) is 3.09. The van der Waals surface area contributed by atoms with Crippen molar-refractivity contribution < 1.29 is 9.18 Å². The smallest absolute Gasteiger partial charge is 0.258 e. The van der Waals surface area contributed by atoms with Crippen LogP contribution in [0.1, 0.15) is 41.3 Å². The van der Waals surface area contributed by atoms with E-state index in [2.05, 4.69) is 6.07 Å². The van der Waals surface area contributed by atoms with Crippen LogP contribution in [0, 0.1) is 5.82 Å². The average molecular weight is 297 g/mol. The Morgan fingerprint density at radius 3 is 2.41 bits per heavy atom. The zero-order valence-corrected chi connectivity index (χ0v) is 12.8. The first-order chi connectivity index (χ1) is 10.7. The van der Waals surface area contributed by atoms with Crippen molar-refractivity contribution in [3.05, 3.63) is 65.0 Å². The van der Waals surface area contributed by atoms with Gasteiger partial charge in [0.2, 0.25) is 0 Å². The standard InChI is InChI=1S/C19H20FNO/c1-2-21(18-11-9-17(20)10-12-18)19(22)16-8-7-14-5-3-4-6-15(14)13-16/h7-13H,2-6H2,1H3. The second kappa shape index (κ2) is 6.30. The van der Waals surface area contributed by atoms with E-state index in [1.54, 1.807) is 17.0 Å². The molecule has 0 heterocycles. The fourth-order valence-electron chi connectivity index (χ4n) is 3.09. The third-order valence-electron chi connectivity index (χ3n) is 4.30. The number of halogens is 1. The summed E-state index contributed by atoms with van der Waals surface area (Å²) in [5.41, 5.74) is 4.11. The van der Waals surface area contributed by atoms with Crippen LogP contribution in [0.4, 0.5) is 10.1 Å². The number of hydrogen-bond acceptors (Lipinski definition) is 1. The summed E-state index contributed by atoms with van der Waals surface area (Å²) in [6, 6.07) is 12.1. The van der Waals surface area contributed by atoms with Gasteiger partial charge in [-0.3, -0.25) is 4.79 Å². The molecule has 0 fully saturated rings. The van der Waals surface area contributed by atoms with Crippen molar-refractivity contribution in [2.75, 3.05) is 11.4 Å². The number of hydrogen-bond donors (Lipinski definition) is 0. The van der Waals surface area contributed by atoms with E-state index in [0.29, 0.717) is 12.1 Å². The van der Waals surface area contributed by atoms with Crippen molar-refractivity contribution >= 4 is 11.6 Å². The van der Waals surface area contributed by atoms with Gasteiger partial charge in [0, 0.05) is 17.8 Å². The molecule has 0 spiro atoms. The van der Waals surface area contributed by atoms with E-state index >= 15 is 0 Å². The molecule has 0 aliphatic heterocycles. The van der Waals surface area contributed by atoms with Crippen molar-refractivity contribution in [1.82, 2.24) is 0 Å². The largest absolute Gasteiger partial charge is 0.309 e. The van der Waals surface area contributed by atoms with Gasteiger partial charge in [-0.15, -0.1) is 0 Å². The Morgan fingerprint density at radius 2 is 1.73 bits per heavy atom. The first kappa shape index (κ1) is 14.8. The van der Waals surface area contributed by atoms with Gasteiger partial charge in [-0.1, -0.05) is 6.07 Å². The van der Waals surface area contributed by atoms with Crippen LogP contribution in [0.5, 0.6) is 0 Å². The molecule has 1 aliphatic carbocycles. The van der Waals surface area contributed by atoms with Gasteiger partial charge >= 0.3 is 0 Å². The summed E-state index contributed by atoms with van der Waals surface area (Å²) in [5, 5.41) is 0. The highest BCUT2D eigenvalue weighted by molar-refractivity contribution is 6.06. The van der Waals surface area contributed by atoms with Gasteiger partial charge in [-0.05, 0) is 80.1 Å². The molecule has 114 valence electrons. The molecule has 1 aliphatic rings. The third kappa shape index (κ3) is 2.89. The number of benzene rings is 2. The summed E-state index contributed by atoms with van der Waals surface area (Å²) in [5.74, 6) is -0.316. The van der Waals surface area contributed by atoms with Gasteiger partial charge in [-0.25, -0.2) is 4.39 Å². The predicted octanol–water partition coefficient (Wildman–Crippen LogP) is 4.37. The lowest BCUT2D eigenvalue weighted by Gasteiger charge is -2.22. The maximum Gasteiger partial charge on any atom is 0.258 e. The Labute approximate surface area is 130 Å². The van der Waals surface area contributed by atoms with Crippen molar-refractivity contribution in [2.45, 2.75) is 32.6 Å². The number of nitrogens with zero attached hydrogens (tertiary/aromatic N) is 1. The molecule has 3 rings (SSSR count). The molecule has 2 nitrogen and oxygen atoms in total. The number of carbonyl (C=O) groups excluding carboxylic acids is 1. The van der Waals surface area contributed by atoms with Crippen LogP contribution >= 0.6 is 0 Å². The number of rotatable bonds is 3. The van der Waals surface area contributed by atoms with Gasteiger partial charge in [0.05, 0.1) is 0 Å². The van der Waals surface area contributed by atoms with Crippen LogP contribution in [0.25, 0.3) is 0 Å². The molecule has 0 saturated heterocycles. The Balaban J connectivity index is 1.89. The Hall–Kier alpha value is -2.16. The predicted molar refractivity (Wildman–Crippen MR) is 86.8 cm³/mol. The first-order valence-electron chi connectivity index (χ1n) is 7.88. The maximum atomic E-state index is 13.1. The average Bonchev–Trinajstić information content (AvgIpc) is 2.56. The molecule has 0 unspecified atom stereocenters. The van der Waals surface area contributed by atoms with Crippen molar-refractivity contribution in [2.24, 2.45) is 0 Å². The molecular formula is C19H20FNO. The van der Waals surface area contributed by atoms with Crippen molar-refractivity contribution in [3.63, 3.8) is 0 Å². The summed E-state index contributed by atoms with van der Waals surface area (Å²) in [4.78, 5) is 14.5. The minimum Gasteiger partial charge on any atom is -0.309 e. The third-order valence-corrected chi connectivity index (χ3v) is 4.30. The molecule has 0 aromatic heterocycles. The molecule has 0 saturated carbocycles. The zero-order valence-electron chi connectivity index (χ0n) is 12.8. The van der Waals surface area contributed by atoms with Gasteiger partial charge in [0.15, 0.2) is 0 Å². The number of amides is 1. The zero-order chi connectivity index (χ0) is 15.5. The van der Waals surface area contributed by atoms with E-state index in [4.69, 9.17) is 0 Å². The van der Waals surface area contributed by atoms with Crippen molar-refractivity contribution in [1.29, 1.82) is 0 Å². The van der Waals surface area contributed by atoms with E-state index in [1.807, 2.05) is 19.1 Å². The van der Waals surface area contributed by atoms with Gasteiger partial charge in [0.1, 0.15) is 5.82 Å². The second-order valence-electron chi connectivity index (χ2n) is 5.72. The molecule has 0 radical (unpaired) electrons. The lowest BCUT2D eigenvalue weighted by Crippen LogP contribution is -2.30. The molecule has 2 aromatic carbocycles. The molecule has 1 amide bonds. The SMILES string of the molecule is CCN(C(=O)c1ccc2c(c1)CCCC2)c1ccc(F)cc1. The Morgan fingerprint density at radius 1 is 1.05 bits per heavy atom. The Bertz CT molecular complexity index is 678. The lowest BCUT2D eigenvalue weighted by atomic mass is 9.90. The normalized spacial score (nSPS) is 13.5. The molecule has 0 atom stereocenters. The number of fused-ring (bicyclic) bond motifs is 1. The quantitative estimate of drug-likeness (QED) is 0.823. The van der Waals surface area contributed by atoms with Crippen LogP contribution < -0.4 is 4.90 Å². The minimum absolute atomic E-state index is 0.0255. The highest BCUT2D eigenvalue weighted by Crippen LogP contribution is 2.24. The van der Waals surface area contributed by atoms with E-state index in [0.717, 1.165) is 18.5 Å². The van der Waals surface area contributed by atoms with E-state index < -0.39 is 0 Å². The monoisotopic (exact) mass is 297 g/mol. The summed E-state index contributed by atoms with van der Waals surface area (Å²) >= 11 is 0. The lowest BCUT2D eigenvalue weighted by molar-refractivity contribution is 0.0988. The molecule has 0 N–H and O–H groups in total. The van der Waals surface area contributed by atoms with E-state index in [-0.39, 0.29) is 11.7 Å².